The van der Waals surface area contributed by atoms with Gasteiger partial charge < -0.3 is 14.5 Å². The van der Waals surface area contributed by atoms with Crippen LogP contribution in [-0.4, -0.2) is 70.7 Å². The molecular weight excluding hydrogens is 386 g/mol. The number of likely N-dealkylation sites (N-methyl/N-ethyl adjacent to an activating group) is 1. The van der Waals surface area contributed by atoms with Crippen molar-refractivity contribution in [2.75, 3.05) is 33.8 Å². The molecule has 3 aromatic rings. The predicted octanol–water partition coefficient (Wildman–Crippen LogP) is 2.91. The maximum atomic E-state index is 13.1. The van der Waals surface area contributed by atoms with Gasteiger partial charge in [-0.1, -0.05) is 6.07 Å². The van der Waals surface area contributed by atoms with Gasteiger partial charge in [-0.3, -0.25) is 9.89 Å². The van der Waals surface area contributed by atoms with Gasteiger partial charge in [0.25, 0.3) is 5.91 Å². The first-order valence-corrected chi connectivity index (χ1v) is 10.6. The number of nitrogens with zero attached hydrogens (tertiary/aromatic N) is 4. The number of thiazole rings is 1. The Bertz CT molecular complexity index is 1040. The van der Waals surface area contributed by atoms with Crippen molar-refractivity contribution < 1.29 is 9.53 Å². The third-order valence-electron chi connectivity index (χ3n) is 5.72. The number of aromatic nitrogens is 3. The fourth-order valence-electron chi connectivity index (χ4n) is 3.99. The van der Waals surface area contributed by atoms with Crippen molar-refractivity contribution in [3.05, 3.63) is 40.5 Å². The smallest absolute Gasteiger partial charge is 0.282 e. The summed E-state index contributed by atoms with van der Waals surface area (Å²) in [5.41, 5.74) is 3.89. The zero-order valence-electron chi connectivity index (χ0n) is 16.5. The minimum Gasteiger partial charge on any atom is -0.492 e. The Morgan fingerprint density at radius 1 is 1.34 bits per heavy atom. The summed E-state index contributed by atoms with van der Waals surface area (Å²) < 4.78 is 6.00. The summed E-state index contributed by atoms with van der Waals surface area (Å²) in [5.74, 6) is 0.852. The highest BCUT2D eigenvalue weighted by molar-refractivity contribution is 7.14. The van der Waals surface area contributed by atoms with E-state index in [-0.39, 0.29) is 5.91 Å². The van der Waals surface area contributed by atoms with Gasteiger partial charge in [0.1, 0.15) is 5.75 Å². The van der Waals surface area contributed by atoms with Crippen molar-refractivity contribution in [1.82, 2.24) is 25.0 Å². The number of rotatable bonds is 3. The van der Waals surface area contributed by atoms with Crippen LogP contribution in [-0.2, 0) is 6.42 Å². The average molecular weight is 410 g/mol. The second-order valence-corrected chi connectivity index (χ2v) is 8.83. The Morgan fingerprint density at radius 3 is 3.00 bits per heavy atom. The van der Waals surface area contributed by atoms with Crippen molar-refractivity contribution in [3.8, 4) is 28.1 Å². The van der Waals surface area contributed by atoms with Gasteiger partial charge in [-0.05, 0) is 38.2 Å². The van der Waals surface area contributed by atoms with Crippen molar-refractivity contribution in [1.29, 1.82) is 0 Å². The van der Waals surface area contributed by atoms with Gasteiger partial charge in [-0.2, -0.15) is 5.10 Å². The molecule has 7 nitrogen and oxygen atoms in total. The molecule has 1 saturated heterocycles. The first-order valence-electron chi connectivity index (χ1n) is 9.82. The molecule has 5 rings (SSSR count). The lowest BCUT2D eigenvalue weighted by Crippen LogP contribution is -2.34. The lowest BCUT2D eigenvalue weighted by atomic mass is 10.0. The van der Waals surface area contributed by atoms with E-state index in [0.717, 1.165) is 58.9 Å². The van der Waals surface area contributed by atoms with E-state index in [0.29, 0.717) is 17.7 Å². The Morgan fingerprint density at radius 2 is 2.24 bits per heavy atom. The van der Waals surface area contributed by atoms with Crippen LogP contribution in [0.3, 0.4) is 0 Å². The molecule has 1 N–H and O–H groups in total. The molecule has 2 aliphatic heterocycles. The number of hydrogen-bond acceptors (Lipinski definition) is 6. The summed E-state index contributed by atoms with van der Waals surface area (Å²) in [6, 6.07) is 6.53. The molecular formula is C21H23N5O2S. The molecule has 8 heteroatoms. The number of amides is 1. The normalized spacial score (nSPS) is 18.3. The molecule has 4 heterocycles. The minimum absolute atomic E-state index is 0.0462. The van der Waals surface area contributed by atoms with Crippen molar-refractivity contribution >= 4 is 17.2 Å². The predicted molar refractivity (Wildman–Crippen MR) is 112 cm³/mol. The standard InChI is InChI=1S/C21H23N5O2S/c1-25(2)15-5-7-26(12-15)21(27)20-24-19-16-4-3-13(14-10-22-23-11-14)9-17(16)28-8-6-18(19)29-20/h3-4,9-11,15H,5-8,12H2,1-2H3,(H,22,23)/t15-/m1/s1. The number of carbonyl (C=O) groups excluding carboxylic acids is 1. The molecule has 1 atom stereocenters. The molecule has 2 aliphatic rings. The van der Waals surface area contributed by atoms with Crippen LogP contribution >= 0.6 is 11.3 Å². The lowest BCUT2D eigenvalue weighted by molar-refractivity contribution is 0.0782. The Hall–Kier alpha value is -2.71. The zero-order chi connectivity index (χ0) is 20.0. The maximum absolute atomic E-state index is 13.1. The van der Waals surface area contributed by atoms with Gasteiger partial charge in [0, 0.05) is 47.8 Å². The van der Waals surface area contributed by atoms with E-state index in [9.17, 15) is 4.79 Å². The highest BCUT2D eigenvalue weighted by Crippen LogP contribution is 2.40. The minimum atomic E-state index is 0.0462. The van der Waals surface area contributed by atoms with Crippen LogP contribution < -0.4 is 4.74 Å². The quantitative estimate of drug-likeness (QED) is 0.720. The van der Waals surface area contributed by atoms with Crippen LogP contribution in [0.15, 0.2) is 30.6 Å². The molecule has 150 valence electrons. The van der Waals surface area contributed by atoms with E-state index < -0.39 is 0 Å². The Balaban J connectivity index is 1.45. The van der Waals surface area contributed by atoms with Gasteiger partial charge in [-0.25, -0.2) is 4.98 Å². The largest absolute Gasteiger partial charge is 0.492 e. The second kappa shape index (κ2) is 7.27. The molecule has 29 heavy (non-hydrogen) atoms. The van der Waals surface area contributed by atoms with E-state index in [1.807, 2.05) is 29.3 Å². The maximum Gasteiger partial charge on any atom is 0.282 e. The summed E-state index contributed by atoms with van der Waals surface area (Å²) in [7, 11) is 4.14. The van der Waals surface area contributed by atoms with Crippen LogP contribution in [0, 0.1) is 0 Å². The van der Waals surface area contributed by atoms with E-state index >= 15 is 0 Å². The second-order valence-electron chi connectivity index (χ2n) is 7.74. The molecule has 1 fully saturated rings. The van der Waals surface area contributed by atoms with E-state index in [2.05, 4.69) is 29.2 Å². The third-order valence-corrected chi connectivity index (χ3v) is 6.82. The number of ether oxygens (including phenoxy) is 1. The summed E-state index contributed by atoms with van der Waals surface area (Å²) in [6.45, 7) is 2.14. The van der Waals surface area contributed by atoms with Gasteiger partial charge in [0.2, 0.25) is 0 Å². The molecule has 1 amide bonds. The SMILES string of the molecule is CN(C)[C@@H]1CCN(C(=O)c2nc3c(s2)CCOc2cc(-c4cn[nH]c4)ccc2-3)C1. The fraction of sp³-hybridized carbons (Fsp3) is 0.381. The number of likely N-dealkylation sites (tertiary alicyclic amines) is 1. The molecule has 0 spiro atoms. The van der Waals surface area contributed by atoms with Crippen molar-refractivity contribution in [2.45, 2.75) is 18.9 Å². The van der Waals surface area contributed by atoms with Crippen molar-refractivity contribution in [3.63, 3.8) is 0 Å². The number of benzene rings is 1. The molecule has 0 saturated carbocycles. The summed E-state index contributed by atoms with van der Waals surface area (Å²) in [4.78, 5) is 23.1. The first kappa shape index (κ1) is 18.3. The molecule has 0 aliphatic carbocycles. The summed E-state index contributed by atoms with van der Waals surface area (Å²) >= 11 is 1.51. The van der Waals surface area contributed by atoms with Gasteiger partial charge in [0.15, 0.2) is 5.01 Å². The number of nitrogens with one attached hydrogen (secondary N) is 1. The lowest BCUT2D eigenvalue weighted by Gasteiger charge is -2.19. The van der Waals surface area contributed by atoms with Crippen LogP contribution in [0.4, 0.5) is 0 Å². The number of fused-ring (bicyclic) bond motifs is 3. The number of carbonyl (C=O) groups is 1. The van der Waals surface area contributed by atoms with Gasteiger partial charge in [0.05, 0.1) is 18.5 Å². The average Bonchev–Trinajstić information content (AvgIpc) is 3.46. The van der Waals surface area contributed by atoms with Crippen LogP contribution in [0.2, 0.25) is 0 Å². The number of H-pyrrole nitrogens is 1. The topological polar surface area (TPSA) is 74.3 Å². The van der Waals surface area contributed by atoms with Crippen LogP contribution in [0.1, 0.15) is 21.1 Å². The van der Waals surface area contributed by atoms with E-state index in [1.54, 1.807) is 6.20 Å². The fourth-order valence-corrected chi connectivity index (χ4v) is 5.01. The first-order chi connectivity index (χ1) is 14.1. The van der Waals surface area contributed by atoms with Gasteiger partial charge >= 0.3 is 0 Å². The summed E-state index contributed by atoms with van der Waals surface area (Å²) in [6.07, 6.45) is 5.43. The summed E-state index contributed by atoms with van der Waals surface area (Å²) in [5, 5.41) is 7.45. The van der Waals surface area contributed by atoms with Crippen molar-refractivity contribution in [2.24, 2.45) is 0 Å². The molecule has 0 radical (unpaired) electrons. The Kier molecular flexibility index (Phi) is 4.60. The zero-order valence-corrected chi connectivity index (χ0v) is 17.3. The Labute approximate surface area is 173 Å². The highest BCUT2D eigenvalue weighted by Gasteiger charge is 2.31. The van der Waals surface area contributed by atoms with Crippen LogP contribution in [0.5, 0.6) is 5.75 Å². The van der Waals surface area contributed by atoms with Crippen LogP contribution in [0.25, 0.3) is 22.4 Å². The molecule has 2 aromatic heterocycles. The number of hydrogen-bond donors (Lipinski definition) is 1. The van der Waals surface area contributed by atoms with Gasteiger partial charge in [-0.15, -0.1) is 11.3 Å². The van der Waals surface area contributed by atoms with E-state index in [4.69, 9.17) is 9.72 Å². The highest BCUT2D eigenvalue weighted by atomic mass is 32.1. The molecule has 0 bridgehead atoms. The monoisotopic (exact) mass is 409 g/mol. The third kappa shape index (κ3) is 3.32. The number of aromatic amines is 1. The molecule has 1 aromatic carbocycles. The molecule has 0 unspecified atom stereocenters. The van der Waals surface area contributed by atoms with E-state index in [1.165, 1.54) is 11.3 Å².